The van der Waals surface area contributed by atoms with Crippen LogP contribution in [0.3, 0.4) is 0 Å². The highest BCUT2D eigenvalue weighted by molar-refractivity contribution is 5.79. The van der Waals surface area contributed by atoms with Gasteiger partial charge in [0, 0.05) is 18.3 Å². The Balaban J connectivity index is 1.81. The molecule has 22 heavy (non-hydrogen) atoms. The number of hydrogen-bond donors (Lipinski definition) is 2. The van der Waals surface area contributed by atoms with Crippen molar-refractivity contribution in [2.24, 2.45) is 5.92 Å². The summed E-state index contributed by atoms with van der Waals surface area (Å²) in [6.45, 7) is 1.84. The minimum atomic E-state index is -0.119. The zero-order valence-corrected chi connectivity index (χ0v) is 12.5. The third-order valence-electron chi connectivity index (χ3n) is 4.17. The van der Waals surface area contributed by atoms with Gasteiger partial charge in [0.25, 0.3) is 0 Å². The molecule has 1 aliphatic rings. The molecule has 1 fully saturated rings. The second-order valence-corrected chi connectivity index (χ2v) is 5.66. The second-order valence-electron chi connectivity index (χ2n) is 5.66. The van der Waals surface area contributed by atoms with E-state index in [1.54, 1.807) is 12.4 Å². The number of nitrogens with zero attached hydrogens (tertiary/aromatic N) is 1. The number of rotatable bonds is 4. The van der Waals surface area contributed by atoms with Gasteiger partial charge in [0.05, 0.1) is 6.04 Å². The van der Waals surface area contributed by atoms with Crippen LogP contribution >= 0.6 is 0 Å². The molecular weight excluding hydrogens is 274 g/mol. The first-order valence-corrected chi connectivity index (χ1v) is 7.80. The van der Waals surface area contributed by atoms with Crippen LogP contribution in [0.1, 0.15) is 30.0 Å². The molecule has 4 heteroatoms. The largest absolute Gasteiger partial charge is 0.345 e. The smallest absolute Gasteiger partial charge is 0.223 e. The number of carbonyl (C=O) groups excluding carboxylic acids is 1. The molecular formula is C18H21N3O. The summed E-state index contributed by atoms with van der Waals surface area (Å²) in [4.78, 5) is 16.7. The minimum absolute atomic E-state index is 0.106. The molecule has 1 unspecified atom stereocenters. The van der Waals surface area contributed by atoms with Gasteiger partial charge in [-0.15, -0.1) is 0 Å². The lowest BCUT2D eigenvalue weighted by atomic mass is 9.94. The highest BCUT2D eigenvalue weighted by atomic mass is 16.1. The molecule has 1 atom stereocenters. The first-order valence-electron chi connectivity index (χ1n) is 7.80. The molecule has 1 amide bonds. The van der Waals surface area contributed by atoms with Crippen molar-refractivity contribution in [1.29, 1.82) is 0 Å². The van der Waals surface area contributed by atoms with Crippen LogP contribution in [0.2, 0.25) is 0 Å². The van der Waals surface area contributed by atoms with Gasteiger partial charge >= 0.3 is 0 Å². The summed E-state index contributed by atoms with van der Waals surface area (Å²) in [5.74, 6) is 0.251. The summed E-state index contributed by atoms with van der Waals surface area (Å²) in [7, 11) is 0. The second kappa shape index (κ2) is 7.18. The predicted octanol–water partition coefficient (Wildman–Crippen LogP) is 2.29. The van der Waals surface area contributed by atoms with Crippen LogP contribution in [-0.4, -0.2) is 24.0 Å². The number of benzene rings is 1. The lowest BCUT2D eigenvalue weighted by Crippen LogP contribution is -2.40. The zero-order chi connectivity index (χ0) is 15.2. The van der Waals surface area contributed by atoms with Gasteiger partial charge in [0.2, 0.25) is 5.91 Å². The summed E-state index contributed by atoms with van der Waals surface area (Å²) >= 11 is 0. The van der Waals surface area contributed by atoms with Crippen molar-refractivity contribution in [1.82, 2.24) is 15.6 Å². The van der Waals surface area contributed by atoms with Crippen LogP contribution in [0.25, 0.3) is 0 Å². The Morgan fingerprint density at radius 2 is 1.68 bits per heavy atom. The van der Waals surface area contributed by atoms with E-state index in [0.29, 0.717) is 0 Å². The molecule has 1 aromatic heterocycles. The van der Waals surface area contributed by atoms with Crippen LogP contribution in [0.4, 0.5) is 0 Å². The number of pyridine rings is 1. The maximum absolute atomic E-state index is 12.6. The van der Waals surface area contributed by atoms with E-state index in [0.717, 1.165) is 37.1 Å². The van der Waals surface area contributed by atoms with Crippen LogP contribution in [0, 0.1) is 5.92 Å². The fraction of sp³-hybridized carbons (Fsp3) is 0.333. The maximum atomic E-state index is 12.6. The molecule has 4 nitrogen and oxygen atoms in total. The quantitative estimate of drug-likeness (QED) is 0.910. The normalized spacial score (nSPS) is 16.9. The molecule has 3 rings (SSSR count). The van der Waals surface area contributed by atoms with Crippen molar-refractivity contribution in [3.05, 3.63) is 66.0 Å². The SMILES string of the molecule is O=C(NC(c1ccccc1)c1ccncc1)C1CCNCC1. The highest BCUT2D eigenvalue weighted by Crippen LogP contribution is 2.23. The fourth-order valence-electron chi connectivity index (χ4n) is 2.90. The van der Waals surface area contributed by atoms with Gasteiger partial charge in [-0.3, -0.25) is 9.78 Å². The van der Waals surface area contributed by atoms with E-state index >= 15 is 0 Å². The topological polar surface area (TPSA) is 54.0 Å². The maximum Gasteiger partial charge on any atom is 0.223 e. The van der Waals surface area contributed by atoms with E-state index < -0.39 is 0 Å². The standard InChI is InChI=1S/C18H21N3O/c22-18(16-8-12-20-13-9-16)21-17(14-4-2-1-3-5-14)15-6-10-19-11-7-15/h1-7,10-11,16-17,20H,8-9,12-13H2,(H,21,22). The van der Waals surface area contributed by atoms with Crippen molar-refractivity contribution in [3.63, 3.8) is 0 Å². The van der Waals surface area contributed by atoms with Gasteiger partial charge in [0.15, 0.2) is 0 Å². The van der Waals surface area contributed by atoms with Crippen molar-refractivity contribution in [2.45, 2.75) is 18.9 Å². The van der Waals surface area contributed by atoms with Gasteiger partial charge in [-0.05, 0) is 49.2 Å². The molecule has 0 aliphatic carbocycles. The Morgan fingerprint density at radius 3 is 2.36 bits per heavy atom. The van der Waals surface area contributed by atoms with Crippen LogP contribution in [-0.2, 0) is 4.79 Å². The molecule has 2 N–H and O–H groups in total. The number of hydrogen-bond acceptors (Lipinski definition) is 3. The minimum Gasteiger partial charge on any atom is -0.345 e. The van der Waals surface area contributed by atoms with Crippen molar-refractivity contribution >= 4 is 5.91 Å². The summed E-state index contributed by atoms with van der Waals surface area (Å²) in [5, 5.41) is 6.52. The van der Waals surface area contributed by atoms with E-state index in [-0.39, 0.29) is 17.9 Å². The zero-order valence-electron chi connectivity index (χ0n) is 12.5. The van der Waals surface area contributed by atoms with E-state index in [9.17, 15) is 4.79 Å². The Bertz CT molecular complexity index is 555. The lowest BCUT2D eigenvalue weighted by molar-refractivity contribution is -0.126. The molecule has 1 saturated heterocycles. The summed E-state index contributed by atoms with van der Waals surface area (Å²) in [5.41, 5.74) is 2.15. The summed E-state index contributed by atoms with van der Waals surface area (Å²) in [6.07, 6.45) is 5.34. The number of carbonyl (C=O) groups is 1. The molecule has 2 heterocycles. The van der Waals surface area contributed by atoms with Crippen LogP contribution in [0.15, 0.2) is 54.9 Å². The molecule has 1 aromatic carbocycles. The Morgan fingerprint density at radius 1 is 1.05 bits per heavy atom. The Labute approximate surface area is 131 Å². The van der Waals surface area contributed by atoms with Gasteiger partial charge in [-0.2, -0.15) is 0 Å². The Hall–Kier alpha value is -2.20. The van der Waals surface area contributed by atoms with E-state index in [2.05, 4.69) is 15.6 Å². The third-order valence-corrected chi connectivity index (χ3v) is 4.17. The highest BCUT2D eigenvalue weighted by Gasteiger charge is 2.24. The lowest BCUT2D eigenvalue weighted by Gasteiger charge is -2.26. The third kappa shape index (κ3) is 3.52. The molecule has 0 radical (unpaired) electrons. The van der Waals surface area contributed by atoms with Gasteiger partial charge in [0.1, 0.15) is 0 Å². The van der Waals surface area contributed by atoms with Gasteiger partial charge < -0.3 is 10.6 Å². The first kappa shape index (κ1) is 14.7. The summed E-state index contributed by atoms with van der Waals surface area (Å²) < 4.78 is 0. The fourth-order valence-corrected chi connectivity index (χ4v) is 2.90. The van der Waals surface area contributed by atoms with E-state index in [1.807, 2.05) is 42.5 Å². The average molecular weight is 295 g/mol. The monoisotopic (exact) mass is 295 g/mol. The molecule has 0 saturated carbocycles. The average Bonchev–Trinajstić information content (AvgIpc) is 2.62. The van der Waals surface area contributed by atoms with Crippen molar-refractivity contribution in [3.8, 4) is 0 Å². The summed E-state index contributed by atoms with van der Waals surface area (Å²) in [6, 6.07) is 13.9. The predicted molar refractivity (Wildman–Crippen MR) is 86.3 cm³/mol. The van der Waals surface area contributed by atoms with Crippen molar-refractivity contribution in [2.75, 3.05) is 13.1 Å². The van der Waals surface area contributed by atoms with Gasteiger partial charge in [-0.1, -0.05) is 30.3 Å². The number of nitrogens with one attached hydrogen (secondary N) is 2. The molecule has 0 bridgehead atoms. The molecule has 1 aliphatic heterocycles. The number of aromatic nitrogens is 1. The number of piperidine rings is 1. The Kier molecular flexibility index (Phi) is 4.81. The number of amides is 1. The molecule has 2 aromatic rings. The molecule has 0 spiro atoms. The van der Waals surface area contributed by atoms with Crippen LogP contribution < -0.4 is 10.6 Å². The van der Waals surface area contributed by atoms with E-state index in [1.165, 1.54) is 0 Å². The molecule has 114 valence electrons. The first-order chi connectivity index (χ1) is 10.8. The van der Waals surface area contributed by atoms with Crippen molar-refractivity contribution < 1.29 is 4.79 Å². The van der Waals surface area contributed by atoms with E-state index in [4.69, 9.17) is 0 Å². The van der Waals surface area contributed by atoms with Gasteiger partial charge in [-0.25, -0.2) is 0 Å². The van der Waals surface area contributed by atoms with Crippen LogP contribution in [0.5, 0.6) is 0 Å².